The van der Waals surface area contributed by atoms with Crippen LogP contribution in [0.2, 0.25) is 0 Å². The standard InChI is InChI=1S/C23H16O8/c1-2-27-22(25)14-5-7-15(8-6-14)30-20-13-29-19-12-16(9-10-17(19)21(20)24)31-23(26)18-4-3-11-28-18/h3-13H,2H2,1H3. The smallest absolute Gasteiger partial charge is 0.379 e. The summed E-state index contributed by atoms with van der Waals surface area (Å²) in [6, 6.07) is 13.6. The van der Waals surface area contributed by atoms with Gasteiger partial charge in [0.25, 0.3) is 0 Å². The van der Waals surface area contributed by atoms with Crippen LogP contribution in [0.15, 0.2) is 80.8 Å². The highest BCUT2D eigenvalue weighted by atomic mass is 16.5. The van der Waals surface area contributed by atoms with Crippen molar-refractivity contribution in [1.82, 2.24) is 0 Å². The average molecular weight is 420 g/mol. The van der Waals surface area contributed by atoms with Crippen molar-refractivity contribution < 1.29 is 32.6 Å². The molecule has 4 aromatic rings. The molecule has 8 heteroatoms. The van der Waals surface area contributed by atoms with Crippen LogP contribution in [0.5, 0.6) is 17.2 Å². The van der Waals surface area contributed by atoms with Gasteiger partial charge in [0, 0.05) is 6.07 Å². The van der Waals surface area contributed by atoms with Crippen molar-refractivity contribution in [3.63, 3.8) is 0 Å². The first-order valence-corrected chi connectivity index (χ1v) is 9.31. The molecule has 0 aliphatic rings. The maximum atomic E-state index is 12.7. The number of fused-ring (bicyclic) bond motifs is 1. The van der Waals surface area contributed by atoms with E-state index in [0.717, 1.165) is 0 Å². The summed E-state index contributed by atoms with van der Waals surface area (Å²) in [5.41, 5.74) is 0.191. The van der Waals surface area contributed by atoms with Crippen LogP contribution >= 0.6 is 0 Å². The molecule has 8 nitrogen and oxygen atoms in total. The highest BCUT2D eigenvalue weighted by Crippen LogP contribution is 2.25. The third-order valence-corrected chi connectivity index (χ3v) is 4.24. The van der Waals surface area contributed by atoms with Gasteiger partial charge in [-0.05, 0) is 55.5 Å². The van der Waals surface area contributed by atoms with Crippen molar-refractivity contribution in [3.05, 3.63) is 88.7 Å². The lowest BCUT2D eigenvalue weighted by molar-refractivity contribution is 0.0526. The number of hydrogen-bond donors (Lipinski definition) is 0. The summed E-state index contributed by atoms with van der Waals surface area (Å²) in [4.78, 5) is 36.4. The van der Waals surface area contributed by atoms with Crippen LogP contribution in [0, 0.1) is 0 Å². The first kappa shape index (κ1) is 20.0. The van der Waals surface area contributed by atoms with E-state index in [1.165, 1.54) is 48.9 Å². The Hall–Kier alpha value is -4.33. The minimum absolute atomic E-state index is 0.0308. The molecule has 0 aliphatic carbocycles. The van der Waals surface area contributed by atoms with Crippen molar-refractivity contribution in [1.29, 1.82) is 0 Å². The molecule has 31 heavy (non-hydrogen) atoms. The molecule has 0 bridgehead atoms. The normalized spacial score (nSPS) is 10.6. The fourth-order valence-electron chi connectivity index (χ4n) is 2.78. The zero-order valence-corrected chi connectivity index (χ0v) is 16.3. The van der Waals surface area contributed by atoms with Gasteiger partial charge in [-0.2, -0.15) is 0 Å². The monoisotopic (exact) mass is 420 g/mol. The Morgan fingerprint density at radius 2 is 1.71 bits per heavy atom. The number of benzene rings is 2. The molecule has 0 saturated carbocycles. The summed E-state index contributed by atoms with van der Waals surface area (Å²) in [5, 5.41) is 0.249. The van der Waals surface area contributed by atoms with Crippen molar-refractivity contribution in [2.45, 2.75) is 6.92 Å². The quantitative estimate of drug-likeness (QED) is 0.330. The largest absolute Gasteiger partial charge is 0.462 e. The van der Waals surface area contributed by atoms with E-state index >= 15 is 0 Å². The Morgan fingerprint density at radius 3 is 2.42 bits per heavy atom. The van der Waals surface area contributed by atoms with Crippen LogP contribution in [0.4, 0.5) is 0 Å². The number of furan rings is 1. The molecule has 0 radical (unpaired) electrons. The number of rotatable bonds is 6. The van der Waals surface area contributed by atoms with Crippen molar-refractivity contribution in [2.24, 2.45) is 0 Å². The average Bonchev–Trinajstić information content (AvgIpc) is 3.32. The summed E-state index contributed by atoms with van der Waals surface area (Å²) < 4.78 is 26.2. The number of carbonyl (C=O) groups is 2. The summed E-state index contributed by atoms with van der Waals surface area (Å²) in [7, 11) is 0. The van der Waals surface area contributed by atoms with E-state index in [9.17, 15) is 14.4 Å². The van der Waals surface area contributed by atoms with Gasteiger partial charge in [0.15, 0.2) is 0 Å². The van der Waals surface area contributed by atoms with E-state index in [-0.39, 0.29) is 34.8 Å². The minimum Gasteiger partial charge on any atom is -0.462 e. The second kappa shape index (κ2) is 8.58. The maximum Gasteiger partial charge on any atom is 0.379 e. The molecule has 156 valence electrons. The second-order valence-corrected chi connectivity index (χ2v) is 6.30. The Bertz CT molecular complexity index is 1280. The molecular formula is C23H16O8. The minimum atomic E-state index is -0.669. The van der Waals surface area contributed by atoms with Crippen molar-refractivity contribution in [3.8, 4) is 17.2 Å². The van der Waals surface area contributed by atoms with Gasteiger partial charge in [-0.3, -0.25) is 4.79 Å². The predicted molar refractivity (Wildman–Crippen MR) is 109 cm³/mol. The Morgan fingerprint density at radius 1 is 0.935 bits per heavy atom. The fourth-order valence-corrected chi connectivity index (χ4v) is 2.78. The topological polar surface area (TPSA) is 105 Å². The lowest BCUT2D eigenvalue weighted by Crippen LogP contribution is -2.08. The number of ether oxygens (including phenoxy) is 3. The van der Waals surface area contributed by atoms with Gasteiger partial charge < -0.3 is 23.0 Å². The molecule has 0 fully saturated rings. The van der Waals surface area contributed by atoms with E-state index in [1.807, 2.05) is 0 Å². The highest BCUT2D eigenvalue weighted by Gasteiger charge is 2.15. The third-order valence-electron chi connectivity index (χ3n) is 4.24. The second-order valence-electron chi connectivity index (χ2n) is 6.30. The fraction of sp³-hybridized carbons (Fsp3) is 0.0870. The Labute approximate surface area is 175 Å². The van der Waals surface area contributed by atoms with Crippen LogP contribution in [0.1, 0.15) is 27.8 Å². The van der Waals surface area contributed by atoms with Crippen molar-refractivity contribution >= 4 is 22.9 Å². The predicted octanol–water partition coefficient (Wildman–Crippen LogP) is 4.57. The maximum absolute atomic E-state index is 12.7. The lowest BCUT2D eigenvalue weighted by atomic mass is 10.2. The SMILES string of the molecule is CCOC(=O)c1ccc(Oc2coc3cc(OC(=O)c4ccco4)ccc3c2=O)cc1. The first-order chi connectivity index (χ1) is 15.0. The zero-order valence-electron chi connectivity index (χ0n) is 16.3. The Balaban J connectivity index is 1.53. The van der Waals surface area contributed by atoms with Crippen molar-refractivity contribution in [2.75, 3.05) is 6.61 Å². The first-order valence-electron chi connectivity index (χ1n) is 9.31. The van der Waals surface area contributed by atoms with Gasteiger partial charge in [0.05, 0.1) is 23.8 Å². The number of esters is 2. The molecular weight excluding hydrogens is 404 g/mol. The van der Waals surface area contributed by atoms with Crippen LogP contribution in [0.3, 0.4) is 0 Å². The molecule has 4 rings (SSSR count). The van der Waals surface area contributed by atoms with Crippen LogP contribution in [0.25, 0.3) is 11.0 Å². The molecule has 0 saturated heterocycles. The summed E-state index contributed by atoms with van der Waals surface area (Å²) in [6.07, 6.45) is 2.53. The van der Waals surface area contributed by atoms with Gasteiger partial charge >= 0.3 is 11.9 Å². The molecule has 2 heterocycles. The molecule has 0 N–H and O–H groups in total. The van der Waals surface area contributed by atoms with Crippen LogP contribution in [-0.2, 0) is 4.74 Å². The highest BCUT2D eigenvalue weighted by molar-refractivity contribution is 5.90. The van der Waals surface area contributed by atoms with Crippen LogP contribution < -0.4 is 14.9 Å². The summed E-state index contributed by atoms with van der Waals surface area (Å²) >= 11 is 0. The third kappa shape index (κ3) is 4.32. The van der Waals surface area contributed by atoms with Gasteiger partial charge in [-0.1, -0.05) is 0 Å². The number of carbonyl (C=O) groups excluding carboxylic acids is 2. The van der Waals surface area contributed by atoms with Gasteiger partial charge in [0.2, 0.25) is 16.9 Å². The summed E-state index contributed by atoms with van der Waals surface area (Å²) in [6.45, 7) is 2.00. The van der Waals surface area contributed by atoms with E-state index < -0.39 is 17.4 Å². The van der Waals surface area contributed by atoms with E-state index in [1.54, 1.807) is 25.1 Å². The van der Waals surface area contributed by atoms with Gasteiger partial charge in [-0.25, -0.2) is 9.59 Å². The molecule has 2 aromatic heterocycles. The molecule has 0 aliphatic heterocycles. The zero-order chi connectivity index (χ0) is 21.8. The molecule has 0 amide bonds. The van der Waals surface area contributed by atoms with Gasteiger partial charge in [-0.15, -0.1) is 0 Å². The molecule has 2 aromatic carbocycles. The van der Waals surface area contributed by atoms with E-state index in [0.29, 0.717) is 11.3 Å². The lowest BCUT2D eigenvalue weighted by Gasteiger charge is -2.07. The molecule has 0 spiro atoms. The summed E-state index contributed by atoms with van der Waals surface area (Å²) in [5.74, 6) is -0.541. The van der Waals surface area contributed by atoms with E-state index in [2.05, 4.69) is 0 Å². The van der Waals surface area contributed by atoms with Gasteiger partial charge in [0.1, 0.15) is 23.3 Å². The number of hydrogen-bond acceptors (Lipinski definition) is 8. The molecule has 0 atom stereocenters. The van der Waals surface area contributed by atoms with Crippen LogP contribution in [-0.4, -0.2) is 18.5 Å². The Kier molecular flexibility index (Phi) is 5.53. The molecule has 0 unspecified atom stereocenters. The van der Waals surface area contributed by atoms with E-state index in [4.69, 9.17) is 23.0 Å².